The first-order valence-corrected chi connectivity index (χ1v) is 12.9. The first kappa shape index (κ1) is 31.4. The molecule has 0 N–H and O–H groups in total. The minimum atomic E-state index is -5.27. The second-order valence-corrected chi connectivity index (χ2v) is 9.83. The molecule has 0 heterocycles. The smallest absolute Gasteiger partial charge is 0.429 e. The fourth-order valence-corrected chi connectivity index (χ4v) is 4.55. The van der Waals surface area contributed by atoms with Crippen LogP contribution >= 0.6 is 0 Å². The minimum absolute atomic E-state index is 0.0373. The van der Waals surface area contributed by atoms with Crippen molar-refractivity contribution in [2.45, 2.75) is 19.4 Å². The van der Waals surface area contributed by atoms with Gasteiger partial charge in [-0.1, -0.05) is 54.1 Å². The summed E-state index contributed by atoms with van der Waals surface area (Å²) in [6.07, 6.45) is -10.1. The predicted molar refractivity (Wildman–Crippen MR) is 145 cm³/mol. The summed E-state index contributed by atoms with van der Waals surface area (Å²) in [6, 6.07) is 16.7. The molecule has 5 aromatic carbocycles. The summed E-state index contributed by atoms with van der Waals surface area (Å²) in [5, 5.41) is 0. The van der Waals surface area contributed by atoms with Crippen LogP contribution in [0.1, 0.15) is 11.1 Å². The van der Waals surface area contributed by atoms with E-state index in [2.05, 4.69) is 9.47 Å². The molecule has 0 amide bonds. The molecule has 0 fully saturated rings. The maximum Gasteiger partial charge on any atom is 0.573 e. The Kier molecular flexibility index (Phi) is 8.26. The molecule has 0 radical (unpaired) electrons. The molecule has 5 aromatic rings. The van der Waals surface area contributed by atoms with Crippen LogP contribution in [0.5, 0.6) is 11.5 Å². The van der Waals surface area contributed by atoms with E-state index in [-0.39, 0.29) is 17.2 Å². The molecule has 0 atom stereocenters. The van der Waals surface area contributed by atoms with Gasteiger partial charge in [0.1, 0.15) is 34.6 Å². The topological polar surface area (TPSA) is 18.5 Å². The normalized spacial score (nSPS) is 11.9. The molecule has 0 saturated carbocycles. The fourth-order valence-electron chi connectivity index (χ4n) is 4.55. The Labute approximate surface area is 249 Å². The van der Waals surface area contributed by atoms with Crippen LogP contribution < -0.4 is 9.47 Å². The van der Waals surface area contributed by atoms with Crippen molar-refractivity contribution in [3.05, 3.63) is 131 Å². The quantitative estimate of drug-likeness (QED) is 0.166. The summed E-state index contributed by atoms with van der Waals surface area (Å²) < 4.78 is 148. The highest BCUT2D eigenvalue weighted by atomic mass is 19.4. The summed E-state index contributed by atoms with van der Waals surface area (Å²) in [4.78, 5) is 0. The Morgan fingerprint density at radius 1 is 0.467 bits per heavy atom. The zero-order chi connectivity index (χ0) is 32.7. The van der Waals surface area contributed by atoms with Gasteiger partial charge in [0.25, 0.3) is 0 Å². The van der Waals surface area contributed by atoms with Crippen molar-refractivity contribution in [1.82, 2.24) is 0 Å². The number of hydrogen-bond donors (Lipinski definition) is 0. The molecule has 232 valence electrons. The standard InChI is InChI=1S/C33H18F10O2/c1-17-2-4-18(5-3-17)19-6-9-23(25(34)12-19)20-7-10-24(26(35)13-20)21-14-28(37)31(29(38)15-21)32(39,40)44-22-8-11-30(27(36)16-22)45-33(41,42)43/h2-16H,1H3. The Balaban J connectivity index is 1.39. The molecular weight excluding hydrogens is 618 g/mol. The molecule has 0 aliphatic carbocycles. The van der Waals surface area contributed by atoms with E-state index in [0.717, 1.165) is 23.3 Å². The lowest BCUT2D eigenvalue weighted by atomic mass is 9.96. The molecular formula is C33H18F10O2. The molecule has 0 aliphatic heterocycles. The summed E-state index contributed by atoms with van der Waals surface area (Å²) in [5.41, 5.74) is -0.304. The molecule has 0 bridgehead atoms. The molecule has 0 aliphatic rings. The number of benzene rings is 5. The highest BCUT2D eigenvalue weighted by Gasteiger charge is 2.42. The Bertz CT molecular complexity index is 1860. The SMILES string of the molecule is Cc1ccc(-c2ccc(-c3ccc(-c4cc(F)c(C(F)(F)Oc5ccc(OC(F)(F)F)c(F)c5)c(F)c4)c(F)c3)c(F)c2)cc1. The van der Waals surface area contributed by atoms with Gasteiger partial charge < -0.3 is 9.47 Å². The zero-order valence-electron chi connectivity index (χ0n) is 22.8. The average Bonchev–Trinajstić information content (AvgIpc) is 2.93. The van der Waals surface area contributed by atoms with E-state index in [1.807, 2.05) is 31.2 Å². The van der Waals surface area contributed by atoms with Crippen molar-refractivity contribution >= 4 is 0 Å². The molecule has 12 heteroatoms. The van der Waals surface area contributed by atoms with Crippen LogP contribution in [-0.2, 0) is 6.11 Å². The van der Waals surface area contributed by atoms with Gasteiger partial charge in [0.2, 0.25) is 0 Å². The van der Waals surface area contributed by atoms with Gasteiger partial charge in [0, 0.05) is 17.2 Å². The first-order chi connectivity index (χ1) is 21.1. The number of ether oxygens (including phenoxy) is 2. The van der Waals surface area contributed by atoms with E-state index in [1.54, 1.807) is 6.07 Å². The van der Waals surface area contributed by atoms with E-state index in [0.29, 0.717) is 29.8 Å². The third-order valence-electron chi connectivity index (χ3n) is 6.65. The molecule has 2 nitrogen and oxygen atoms in total. The van der Waals surface area contributed by atoms with Crippen molar-refractivity contribution in [1.29, 1.82) is 0 Å². The third kappa shape index (κ3) is 6.89. The third-order valence-corrected chi connectivity index (χ3v) is 6.65. The van der Waals surface area contributed by atoms with Gasteiger partial charge >= 0.3 is 12.5 Å². The molecule has 0 spiro atoms. The van der Waals surface area contributed by atoms with Gasteiger partial charge in [-0.15, -0.1) is 13.2 Å². The van der Waals surface area contributed by atoms with Crippen molar-refractivity contribution in [3.63, 3.8) is 0 Å². The van der Waals surface area contributed by atoms with E-state index in [4.69, 9.17) is 0 Å². The lowest BCUT2D eigenvalue weighted by Gasteiger charge is -2.20. The van der Waals surface area contributed by atoms with Crippen LogP contribution in [0.4, 0.5) is 43.9 Å². The maximum absolute atomic E-state index is 15.1. The van der Waals surface area contributed by atoms with E-state index >= 15 is 8.78 Å². The van der Waals surface area contributed by atoms with Crippen molar-refractivity contribution in [3.8, 4) is 44.9 Å². The van der Waals surface area contributed by atoms with Crippen molar-refractivity contribution < 1.29 is 53.4 Å². The van der Waals surface area contributed by atoms with Crippen LogP contribution in [0, 0.1) is 36.0 Å². The van der Waals surface area contributed by atoms with Gasteiger partial charge in [-0.05, 0) is 65.6 Å². The number of halogens is 10. The predicted octanol–water partition coefficient (Wildman–Crippen LogP) is 10.7. The Morgan fingerprint density at radius 2 is 0.978 bits per heavy atom. The van der Waals surface area contributed by atoms with Gasteiger partial charge in [-0.25, -0.2) is 22.0 Å². The van der Waals surface area contributed by atoms with Gasteiger partial charge in [0.15, 0.2) is 11.6 Å². The number of hydrogen-bond acceptors (Lipinski definition) is 2. The summed E-state index contributed by atoms with van der Waals surface area (Å²) in [7, 11) is 0. The van der Waals surface area contributed by atoms with Gasteiger partial charge in [-0.2, -0.15) is 8.78 Å². The zero-order valence-corrected chi connectivity index (χ0v) is 22.8. The lowest BCUT2D eigenvalue weighted by Crippen LogP contribution is -2.25. The van der Waals surface area contributed by atoms with Crippen molar-refractivity contribution in [2.24, 2.45) is 0 Å². The van der Waals surface area contributed by atoms with Crippen molar-refractivity contribution in [2.75, 3.05) is 0 Å². The molecule has 45 heavy (non-hydrogen) atoms. The van der Waals surface area contributed by atoms with Crippen LogP contribution in [0.15, 0.2) is 91.0 Å². The van der Waals surface area contributed by atoms with Crippen LogP contribution in [-0.4, -0.2) is 6.36 Å². The van der Waals surface area contributed by atoms with E-state index in [9.17, 15) is 35.1 Å². The van der Waals surface area contributed by atoms with Gasteiger partial charge in [0.05, 0.1) is 0 Å². The molecule has 0 aromatic heterocycles. The Hall–Kier alpha value is -5.00. The van der Waals surface area contributed by atoms with Crippen LogP contribution in [0.3, 0.4) is 0 Å². The summed E-state index contributed by atoms with van der Waals surface area (Å²) >= 11 is 0. The summed E-state index contributed by atoms with van der Waals surface area (Å²) in [6.45, 7) is 1.90. The number of aryl methyl sites for hydroxylation is 1. The van der Waals surface area contributed by atoms with E-state index < -0.39 is 69.7 Å². The number of alkyl halides is 5. The van der Waals surface area contributed by atoms with Crippen LogP contribution in [0.25, 0.3) is 33.4 Å². The minimum Gasteiger partial charge on any atom is -0.429 e. The molecule has 0 unspecified atom stereocenters. The second kappa shape index (κ2) is 11.8. The summed E-state index contributed by atoms with van der Waals surface area (Å²) in [5.74, 6) is -9.60. The highest BCUT2D eigenvalue weighted by molar-refractivity contribution is 5.74. The monoisotopic (exact) mass is 636 g/mol. The Morgan fingerprint density at radius 3 is 1.53 bits per heavy atom. The van der Waals surface area contributed by atoms with Crippen LogP contribution in [0.2, 0.25) is 0 Å². The second-order valence-electron chi connectivity index (χ2n) is 9.83. The maximum atomic E-state index is 15.1. The fraction of sp³-hybridized carbons (Fsp3) is 0.0909. The molecule has 0 saturated heterocycles. The first-order valence-electron chi connectivity index (χ1n) is 12.9. The molecule has 5 rings (SSSR count). The highest BCUT2D eigenvalue weighted by Crippen LogP contribution is 2.39. The lowest BCUT2D eigenvalue weighted by molar-refractivity contribution is -0.275. The number of rotatable bonds is 7. The van der Waals surface area contributed by atoms with E-state index in [1.165, 1.54) is 18.2 Å². The van der Waals surface area contributed by atoms with Gasteiger partial charge in [-0.3, -0.25) is 0 Å². The average molecular weight is 636 g/mol. The largest absolute Gasteiger partial charge is 0.573 e.